The highest BCUT2D eigenvalue weighted by Gasteiger charge is 2.24. The zero-order valence-electron chi connectivity index (χ0n) is 12.4. The first-order valence-electron chi connectivity index (χ1n) is 7.57. The highest BCUT2D eigenvalue weighted by Crippen LogP contribution is 2.17. The molecule has 0 radical (unpaired) electrons. The van der Waals surface area contributed by atoms with E-state index in [-0.39, 0.29) is 12.0 Å². The average molecular weight is 297 g/mol. The third kappa shape index (κ3) is 3.81. The zero-order chi connectivity index (χ0) is 15.2. The zero-order valence-corrected chi connectivity index (χ0v) is 12.4. The van der Waals surface area contributed by atoms with Crippen LogP contribution in [0.4, 0.5) is 0 Å². The molecule has 1 fully saturated rings. The van der Waals surface area contributed by atoms with Crippen LogP contribution in [0.1, 0.15) is 18.4 Å². The minimum atomic E-state index is 0.109. The summed E-state index contributed by atoms with van der Waals surface area (Å²) in [6.07, 6.45) is 3.86. The highest BCUT2D eigenvalue weighted by atomic mass is 16.5. The summed E-state index contributed by atoms with van der Waals surface area (Å²) in [6.45, 7) is 1.47. The first-order valence-corrected chi connectivity index (χ1v) is 7.57. The lowest BCUT2D eigenvalue weighted by molar-refractivity contribution is -0.132. The molecule has 1 aliphatic heterocycles. The molecule has 1 aliphatic rings. The quantitative estimate of drug-likeness (QED) is 0.867. The maximum atomic E-state index is 12.3. The molecule has 0 N–H and O–H groups in total. The Morgan fingerprint density at radius 1 is 1.14 bits per heavy atom. The molecule has 3 rings (SSSR count). The van der Waals surface area contributed by atoms with Crippen molar-refractivity contribution in [2.45, 2.75) is 25.4 Å². The van der Waals surface area contributed by atoms with E-state index in [4.69, 9.17) is 4.74 Å². The molecule has 0 atom stereocenters. The number of carbonyl (C=O) groups excluding carboxylic acids is 1. The summed E-state index contributed by atoms with van der Waals surface area (Å²) in [5, 5.41) is 7.73. The molecule has 2 aromatic rings. The van der Waals surface area contributed by atoms with Crippen molar-refractivity contribution < 1.29 is 9.53 Å². The van der Waals surface area contributed by atoms with Crippen LogP contribution < -0.4 is 4.74 Å². The van der Waals surface area contributed by atoms with E-state index in [1.54, 1.807) is 18.3 Å². The predicted octanol–water partition coefficient (Wildman–Crippen LogP) is 2.09. The molecule has 1 aromatic heterocycles. The third-order valence-corrected chi connectivity index (χ3v) is 3.83. The second kappa shape index (κ2) is 7.02. The molecule has 114 valence electrons. The Morgan fingerprint density at radius 3 is 2.59 bits per heavy atom. The summed E-state index contributed by atoms with van der Waals surface area (Å²) in [6, 6.07) is 13.5. The summed E-state index contributed by atoms with van der Waals surface area (Å²) in [5.74, 6) is 0.737. The van der Waals surface area contributed by atoms with Crippen LogP contribution in [0.15, 0.2) is 48.7 Å². The second-order valence-corrected chi connectivity index (χ2v) is 5.42. The van der Waals surface area contributed by atoms with Crippen LogP contribution in [0.25, 0.3) is 0 Å². The van der Waals surface area contributed by atoms with Crippen LogP contribution in [0.2, 0.25) is 0 Å². The van der Waals surface area contributed by atoms with Gasteiger partial charge in [0.15, 0.2) is 0 Å². The van der Waals surface area contributed by atoms with Crippen molar-refractivity contribution in [2.75, 3.05) is 13.1 Å². The number of rotatable bonds is 4. The van der Waals surface area contributed by atoms with Gasteiger partial charge in [0.25, 0.3) is 0 Å². The van der Waals surface area contributed by atoms with Gasteiger partial charge in [-0.25, -0.2) is 0 Å². The van der Waals surface area contributed by atoms with Crippen molar-refractivity contribution in [1.29, 1.82) is 0 Å². The van der Waals surface area contributed by atoms with E-state index >= 15 is 0 Å². The standard InChI is InChI=1S/C17H19N3O2/c21-17(13-14-5-2-1-3-6-14)20-11-8-15(9-12-20)22-16-7-4-10-18-19-16/h1-7,10,15H,8-9,11-13H2. The molecule has 1 aromatic carbocycles. The van der Waals surface area contributed by atoms with E-state index in [0.717, 1.165) is 31.5 Å². The smallest absolute Gasteiger partial charge is 0.233 e. The van der Waals surface area contributed by atoms with Gasteiger partial charge in [-0.15, -0.1) is 5.10 Å². The first-order chi connectivity index (χ1) is 10.8. The van der Waals surface area contributed by atoms with Gasteiger partial charge >= 0.3 is 0 Å². The number of benzene rings is 1. The number of nitrogens with zero attached hydrogens (tertiary/aromatic N) is 3. The Morgan fingerprint density at radius 2 is 1.91 bits per heavy atom. The molecule has 5 heteroatoms. The SMILES string of the molecule is O=C(Cc1ccccc1)N1CCC(Oc2cccnn2)CC1. The van der Waals surface area contributed by atoms with Gasteiger partial charge in [-0.3, -0.25) is 4.79 Å². The number of hydrogen-bond acceptors (Lipinski definition) is 4. The van der Waals surface area contributed by atoms with Crippen molar-refractivity contribution in [3.8, 4) is 5.88 Å². The molecule has 0 aliphatic carbocycles. The minimum absolute atomic E-state index is 0.109. The number of piperidine rings is 1. The maximum absolute atomic E-state index is 12.3. The molecule has 1 saturated heterocycles. The normalized spacial score (nSPS) is 15.5. The summed E-state index contributed by atoms with van der Waals surface area (Å²) in [5.41, 5.74) is 1.06. The molecule has 22 heavy (non-hydrogen) atoms. The largest absolute Gasteiger partial charge is 0.473 e. The van der Waals surface area contributed by atoms with Gasteiger partial charge in [-0.05, 0) is 11.6 Å². The van der Waals surface area contributed by atoms with Gasteiger partial charge in [0.1, 0.15) is 6.10 Å². The third-order valence-electron chi connectivity index (χ3n) is 3.83. The van der Waals surface area contributed by atoms with E-state index in [2.05, 4.69) is 10.2 Å². The van der Waals surface area contributed by atoms with Crippen LogP contribution in [-0.2, 0) is 11.2 Å². The number of amides is 1. The molecule has 2 heterocycles. The Hall–Kier alpha value is -2.43. The Kier molecular flexibility index (Phi) is 4.63. The van der Waals surface area contributed by atoms with Crippen molar-refractivity contribution in [1.82, 2.24) is 15.1 Å². The molecule has 0 spiro atoms. The molecular weight excluding hydrogens is 278 g/mol. The molecule has 0 unspecified atom stereocenters. The average Bonchev–Trinajstić information content (AvgIpc) is 2.57. The van der Waals surface area contributed by atoms with Crippen molar-refractivity contribution in [3.05, 3.63) is 54.2 Å². The van der Waals surface area contributed by atoms with Crippen LogP contribution in [0.3, 0.4) is 0 Å². The fourth-order valence-electron chi connectivity index (χ4n) is 2.63. The number of ether oxygens (including phenoxy) is 1. The number of likely N-dealkylation sites (tertiary alicyclic amines) is 1. The number of carbonyl (C=O) groups is 1. The summed E-state index contributed by atoms with van der Waals surface area (Å²) >= 11 is 0. The van der Waals surface area contributed by atoms with Gasteiger partial charge in [-0.2, -0.15) is 5.10 Å². The molecular formula is C17H19N3O2. The fourth-order valence-corrected chi connectivity index (χ4v) is 2.63. The maximum Gasteiger partial charge on any atom is 0.233 e. The van der Waals surface area contributed by atoms with Gasteiger partial charge in [-0.1, -0.05) is 30.3 Å². The summed E-state index contributed by atoms with van der Waals surface area (Å²) in [4.78, 5) is 14.2. The van der Waals surface area contributed by atoms with Crippen LogP contribution in [-0.4, -0.2) is 40.2 Å². The van der Waals surface area contributed by atoms with Crippen molar-refractivity contribution in [2.24, 2.45) is 0 Å². The minimum Gasteiger partial charge on any atom is -0.473 e. The van der Waals surface area contributed by atoms with Gasteiger partial charge in [0.2, 0.25) is 11.8 Å². The lowest BCUT2D eigenvalue weighted by Gasteiger charge is -2.32. The predicted molar refractivity (Wildman–Crippen MR) is 82.4 cm³/mol. The number of hydrogen-bond donors (Lipinski definition) is 0. The second-order valence-electron chi connectivity index (χ2n) is 5.42. The molecule has 0 saturated carbocycles. The van der Waals surface area contributed by atoms with E-state index in [1.807, 2.05) is 35.2 Å². The van der Waals surface area contributed by atoms with Crippen LogP contribution in [0.5, 0.6) is 5.88 Å². The fraction of sp³-hybridized carbons (Fsp3) is 0.353. The molecule has 0 bridgehead atoms. The van der Waals surface area contributed by atoms with E-state index in [0.29, 0.717) is 12.3 Å². The van der Waals surface area contributed by atoms with Crippen molar-refractivity contribution in [3.63, 3.8) is 0 Å². The summed E-state index contributed by atoms with van der Waals surface area (Å²) in [7, 11) is 0. The summed E-state index contributed by atoms with van der Waals surface area (Å²) < 4.78 is 5.79. The Bertz CT molecular complexity index is 596. The van der Waals surface area contributed by atoms with Crippen molar-refractivity contribution >= 4 is 5.91 Å². The Balaban J connectivity index is 1.48. The molecule has 1 amide bonds. The van der Waals surface area contributed by atoms with Gasteiger partial charge in [0, 0.05) is 38.2 Å². The van der Waals surface area contributed by atoms with Crippen LogP contribution >= 0.6 is 0 Å². The Labute approximate surface area is 129 Å². The molecule has 5 nitrogen and oxygen atoms in total. The van der Waals surface area contributed by atoms with Gasteiger partial charge < -0.3 is 9.64 Å². The highest BCUT2D eigenvalue weighted by molar-refractivity contribution is 5.78. The first kappa shape index (κ1) is 14.5. The lowest BCUT2D eigenvalue weighted by Crippen LogP contribution is -2.42. The van der Waals surface area contributed by atoms with Crippen LogP contribution in [0, 0.1) is 0 Å². The van der Waals surface area contributed by atoms with E-state index in [9.17, 15) is 4.79 Å². The topological polar surface area (TPSA) is 55.3 Å². The lowest BCUT2D eigenvalue weighted by atomic mass is 10.1. The van der Waals surface area contributed by atoms with E-state index in [1.165, 1.54) is 0 Å². The van der Waals surface area contributed by atoms with Gasteiger partial charge in [0.05, 0.1) is 6.42 Å². The van der Waals surface area contributed by atoms with E-state index < -0.39 is 0 Å². The monoisotopic (exact) mass is 297 g/mol. The number of aromatic nitrogens is 2.